The van der Waals surface area contributed by atoms with Crippen LogP contribution in [0.25, 0.3) is 0 Å². The first-order valence-corrected chi connectivity index (χ1v) is 16.5. The summed E-state index contributed by atoms with van der Waals surface area (Å²) in [4.78, 5) is 38.5. The second-order valence-corrected chi connectivity index (χ2v) is 11.2. The number of hydrogen-bond donors (Lipinski definition) is 3. The third-order valence-electron chi connectivity index (χ3n) is 7.65. The third-order valence-corrected chi connectivity index (χ3v) is 7.65. The minimum Gasteiger partial charge on any atom is -0.458 e. The lowest BCUT2D eigenvalue weighted by atomic mass is 9.89. The van der Waals surface area contributed by atoms with Gasteiger partial charge in [-0.1, -0.05) is 48.6 Å². The van der Waals surface area contributed by atoms with Crippen LogP contribution in [0.4, 0.5) is 0 Å². The Kier molecular flexibility index (Phi) is 21.0. The second kappa shape index (κ2) is 24.8. The monoisotopic (exact) mass is 664 g/mol. The molecule has 1 aliphatic carbocycles. The Labute approximate surface area is 277 Å². The number of esters is 1. The maximum atomic E-state index is 12.7. The van der Waals surface area contributed by atoms with Gasteiger partial charge in [-0.3, -0.25) is 9.59 Å². The standard InChI is InChI=1S/C34H52N2O11/c1-2-35-33(39)13-9-4-3-8-12-29-30(32(38)26-31(29)37)17-16-28(15-14-27-10-6-5-7-11-27)47-34(40)18-19-43-20-21-44-22-23-45-24-25-46-36(41)42/h3,5-8,10-11,16-17,28-32,37-38H,2,4,9,12-15,18-26H2,1H3,(H,35,39)/t28?,29-,30-,31+,32-/m1/s1. The predicted molar refractivity (Wildman–Crippen MR) is 174 cm³/mol. The van der Waals surface area contributed by atoms with E-state index < -0.39 is 29.4 Å². The van der Waals surface area contributed by atoms with Crippen molar-refractivity contribution in [2.45, 2.75) is 76.6 Å². The van der Waals surface area contributed by atoms with Crippen LogP contribution in [0.2, 0.25) is 0 Å². The highest BCUT2D eigenvalue weighted by molar-refractivity contribution is 5.75. The van der Waals surface area contributed by atoms with E-state index in [1.165, 1.54) is 0 Å². The number of aliphatic hydroxyl groups excluding tert-OH is 2. The van der Waals surface area contributed by atoms with Gasteiger partial charge in [0.05, 0.1) is 58.3 Å². The van der Waals surface area contributed by atoms with E-state index in [1.54, 1.807) is 0 Å². The van der Waals surface area contributed by atoms with Gasteiger partial charge in [-0.2, -0.15) is 0 Å². The Morgan fingerprint density at radius 1 is 0.979 bits per heavy atom. The van der Waals surface area contributed by atoms with Gasteiger partial charge >= 0.3 is 5.97 Å². The molecule has 0 saturated heterocycles. The summed E-state index contributed by atoms with van der Waals surface area (Å²) in [6, 6.07) is 9.91. The normalized spacial score (nSPS) is 20.1. The Hall–Kier alpha value is -3.36. The van der Waals surface area contributed by atoms with E-state index >= 15 is 0 Å². The summed E-state index contributed by atoms with van der Waals surface area (Å²) in [6.07, 6.45) is 10.1. The summed E-state index contributed by atoms with van der Waals surface area (Å²) < 4.78 is 21.8. The largest absolute Gasteiger partial charge is 0.458 e. The molecule has 0 spiro atoms. The minimum absolute atomic E-state index is 0.0434. The van der Waals surface area contributed by atoms with Crippen molar-refractivity contribution in [1.29, 1.82) is 0 Å². The number of nitrogens with one attached hydrogen (secondary N) is 1. The minimum atomic E-state index is -0.875. The molecule has 0 aromatic heterocycles. The van der Waals surface area contributed by atoms with E-state index in [0.29, 0.717) is 45.4 Å². The predicted octanol–water partition coefficient (Wildman–Crippen LogP) is 3.35. The number of allylic oxidation sites excluding steroid dienone is 2. The Bertz CT molecular complexity index is 1070. The number of rotatable bonds is 26. The van der Waals surface area contributed by atoms with Gasteiger partial charge in [0.25, 0.3) is 5.09 Å². The number of nitrogens with zero attached hydrogens (tertiary/aromatic N) is 1. The summed E-state index contributed by atoms with van der Waals surface area (Å²) >= 11 is 0. The lowest BCUT2D eigenvalue weighted by molar-refractivity contribution is -0.758. The molecule has 13 nitrogen and oxygen atoms in total. The van der Waals surface area contributed by atoms with Gasteiger partial charge in [0.2, 0.25) is 5.91 Å². The molecule has 264 valence electrons. The molecular formula is C34H52N2O11. The van der Waals surface area contributed by atoms with Crippen molar-refractivity contribution in [3.63, 3.8) is 0 Å². The number of amides is 1. The average Bonchev–Trinajstić information content (AvgIpc) is 3.32. The molecule has 0 radical (unpaired) electrons. The summed E-state index contributed by atoms with van der Waals surface area (Å²) in [5.41, 5.74) is 1.12. The van der Waals surface area contributed by atoms with Crippen LogP contribution < -0.4 is 5.32 Å². The average molecular weight is 665 g/mol. The number of unbranched alkanes of at least 4 members (excludes halogenated alkanes) is 1. The lowest BCUT2D eigenvalue weighted by Crippen LogP contribution is -2.22. The number of hydrogen-bond acceptors (Lipinski definition) is 11. The van der Waals surface area contributed by atoms with E-state index in [1.807, 2.05) is 61.6 Å². The fourth-order valence-corrected chi connectivity index (χ4v) is 5.24. The molecule has 0 heterocycles. The summed E-state index contributed by atoms with van der Waals surface area (Å²) in [6.45, 7) is 3.77. The molecule has 2 rings (SSSR count). The maximum Gasteiger partial charge on any atom is 0.308 e. The topological polar surface area (TPSA) is 176 Å². The molecule has 1 unspecified atom stereocenters. The van der Waals surface area contributed by atoms with Gasteiger partial charge in [-0.15, -0.1) is 10.1 Å². The fourth-order valence-electron chi connectivity index (χ4n) is 5.24. The van der Waals surface area contributed by atoms with Crippen molar-refractivity contribution < 1.29 is 48.7 Å². The number of benzene rings is 1. The van der Waals surface area contributed by atoms with Crippen molar-refractivity contribution in [3.05, 3.63) is 70.3 Å². The van der Waals surface area contributed by atoms with Crippen molar-refractivity contribution in [2.24, 2.45) is 11.8 Å². The van der Waals surface area contributed by atoms with E-state index in [4.69, 9.17) is 18.9 Å². The molecule has 0 aliphatic heterocycles. The van der Waals surface area contributed by atoms with Crippen LogP contribution in [0.1, 0.15) is 57.4 Å². The maximum absolute atomic E-state index is 12.7. The molecule has 5 atom stereocenters. The highest BCUT2D eigenvalue weighted by Gasteiger charge is 2.39. The van der Waals surface area contributed by atoms with E-state index in [2.05, 4.69) is 10.2 Å². The molecule has 1 amide bonds. The molecule has 3 N–H and O–H groups in total. The first-order chi connectivity index (χ1) is 22.8. The third kappa shape index (κ3) is 18.5. The van der Waals surface area contributed by atoms with Gasteiger partial charge < -0.3 is 39.3 Å². The van der Waals surface area contributed by atoms with E-state index in [0.717, 1.165) is 18.4 Å². The summed E-state index contributed by atoms with van der Waals surface area (Å²) in [7, 11) is 0. The first-order valence-electron chi connectivity index (χ1n) is 16.5. The van der Waals surface area contributed by atoms with Crippen molar-refractivity contribution in [1.82, 2.24) is 5.32 Å². The molecule has 13 heteroatoms. The zero-order chi connectivity index (χ0) is 34.1. The summed E-state index contributed by atoms with van der Waals surface area (Å²) in [5.74, 6) is -0.817. The van der Waals surface area contributed by atoms with Gasteiger partial charge in [-0.25, -0.2) is 0 Å². The van der Waals surface area contributed by atoms with Crippen molar-refractivity contribution in [2.75, 3.05) is 52.8 Å². The molecule has 1 aliphatic rings. The van der Waals surface area contributed by atoms with Crippen LogP contribution in [0.15, 0.2) is 54.6 Å². The zero-order valence-corrected chi connectivity index (χ0v) is 27.4. The van der Waals surface area contributed by atoms with Gasteiger partial charge in [0.1, 0.15) is 12.7 Å². The molecule has 1 aromatic rings. The zero-order valence-electron chi connectivity index (χ0n) is 27.4. The fraction of sp³-hybridized carbons (Fsp3) is 0.647. The Morgan fingerprint density at radius 3 is 2.34 bits per heavy atom. The summed E-state index contributed by atoms with van der Waals surface area (Å²) in [5, 5.41) is 33.3. The molecule has 0 bridgehead atoms. The number of carbonyl (C=O) groups is 2. The number of aliphatic hydroxyl groups is 2. The van der Waals surface area contributed by atoms with Crippen LogP contribution in [0, 0.1) is 22.0 Å². The Morgan fingerprint density at radius 2 is 1.66 bits per heavy atom. The molecule has 1 aromatic carbocycles. The van der Waals surface area contributed by atoms with E-state index in [9.17, 15) is 29.9 Å². The smallest absolute Gasteiger partial charge is 0.308 e. The van der Waals surface area contributed by atoms with Crippen LogP contribution in [-0.2, 0) is 39.8 Å². The van der Waals surface area contributed by atoms with Gasteiger partial charge in [0, 0.05) is 25.3 Å². The number of carbonyl (C=O) groups excluding carboxylic acids is 2. The number of ether oxygens (including phenoxy) is 4. The first kappa shape index (κ1) is 39.8. The lowest BCUT2D eigenvalue weighted by Gasteiger charge is -2.21. The van der Waals surface area contributed by atoms with Gasteiger partial charge in [0.15, 0.2) is 0 Å². The molecule has 1 fully saturated rings. The number of aryl methyl sites for hydroxylation is 1. The van der Waals surface area contributed by atoms with Crippen molar-refractivity contribution in [3.8, 4) is 0 Å². The molecular weight excluding hydrogens is 612 g/mol. The highest BCUT2D eigenvalue weighted by atomic mass is 17.0. The van der Waals surface area contributed by atoms with E-state index in [-0.39, 0.29) is 63.6 Å². The van der Waals surface area contributed by atoms with Gasteiger partial charge in [-0.05, 0) is 56.6 Å². The SMILES string of the molecule is CCNC(=O)CCCC=CC[C@@H]1[C@@H](C=CC(CCc2ccccc2)OC(=O)CCOCCOCCOCCO[N+](=O)[O-])[C@H](O)C[C@@H]1O. The molecule has 47 heavy (non-hydrogen) atoms. The van der Waals surface area contributed by atoms with Crippen LogP contribution >= 0.6 is 0 Å². The second-order valence-electron chi connectivity index (χ2n) is 11.2. The van der Waals surface area contributed by atoms with Crippen LogP contribution in [-0.4, -0.2) is 98.3 Å². The molecule has 1 saturated carbocycles. The highest BCUT2D eigenvalue weighted by Crippen LogP contribution is 2.36. The quantitative estimate of drug-likeness (QED) is 0.0435. The van der Waals surface area contributed by atoms with Crippen LogP contribution in [0.3, 0.4) is 0 Å². The van der Waals surface area contributed by atoms with Crippen LogP contribution in [0.5, 0.6) is 0 Å². The van der Waals surface area contributed by atoms with Crippen molar-refractivity contribution >= 4 is 11.9 Å². The Balaban J connectivity index is 1.80.